The number of benzene rings is 1. The molecule has 7 heteroatoms. The number of amides is 1. The second kappa shape index (κ2) is 7.42. The summed E-state index contributed by atoms with van der Waals surface area (Å²) in [6.07, 6.45) is 3.04. The summed E-state index contributed by atoms with van der Waals surface area (Å²) in [5.41, 5.74) is 0.953. The minimum absolute atomic E-state index is 0.123. The van der Waals surface area contributed by atoms with Crippen LogP contribution in [-0.4, -0.2) is 15.5 Å². The van der Waals surface area contributed by atoms with Crippen LogP contribution in [0.3, 0.4) is 0 Å². The van der Waals surface area contributed by atoms with Gasteiger partial charge in [-0.2, -0.15) is 0 Å². The number of anilines is 1. The maximum atomic E-state index is 12.0. The van der Waals surface area contributed by atoms with E-state index >= 15 is 0 Å². The molecule has 0 radical (unpaired) electrons. The molecule has 0 spiro atoms. The van der Waals surface area contributed by atoms with E-state index < -0.39 is 0 Å². The molecule has 2 aromatic rings. The first kappa shape index (κ1) is 16.5. The quantitative estimate of drug-likeness (QED) is 0.909. The third kappa shape index (κ3) is 4.58. The number of nitrogens with zero attached hydrogens (tertiary/aromatic N) is 2. The van der Waals surface area contributed by atoms with Crippen LogP contribution >= 0.6 is 23.2 Å². The number of carbonyl (C=O) groups excluding carboxylic acids is 1. The van der Waals surface area contributed by atoms with E-state index in [1.165, 1.54) is 17.0 Å². The standard InChI is InChI=1S/C15H15Cl2N3O2/c1-2-3-12-7-15(22)20(9-18-12)8-14(21)19-13-5-10(16)4-11(17)6-13/h4-7,9H,2-3,8H2,1H3,(H,19,21). The lowest BCUT2D eigenvalue weighted by atomic mass is 10.2. The molecule has 0 aliphatic heterocycles. The van der Waals surface area contributed by atoms with Gasteiger partial charge in [0.2, 0.25) is 5.91 Å². The minimum Gasteiger partial charge on any atom is -0.324 e. The predicted octanol–water partition coefficient (Wildman–Crippen LogP) is 3.14. The normalized spacial score (nSPS) is 10.5. The molecule has 2 rings (SSSR count). The lowest BCUT2D eigenvalue weighted by molar-refractivity contribution is -0.116. The molecule has 1 N–H and O–H groups in total. The van der Waals surface area contributed by atoms with Crippen LogP contribution in [0.1, 0.15) is 19.0 Å². The molecule has 0 bridgehead atoms. The van der Waals surface area contributed by atoms with Crippen LogP contribution < -0.4 is 10.9 Å². The first-order valence-electron chi connectivity index (χ1n) is 6.79. The fourth-order valence-corrected chi connectivity index (χ4v) is 2.48. The Labute approximate surface area is 137 Å². The lowest BCUT2D eigenvalue weighted by Crippen LogP contribution is -2.27. The first-order chi connectivity index (χ1) is 10.5. The van der Waals surface area contributed by atoms with E-state index in [4.69, 9.17) is 23.2 Å². The van der Waals surface area contributed by atoms with E-state index in [0.717, 1.165) is 18.5 Å². The van der Waals surface area contributed by atoms with Gasteiger partial charge < -0.3 is 5.32 Å². The van der Waals surface area contributed by atoms with Crippen LogP contribution in [-0.2, 0) is 17.8 Å². The minimum atomic E-state index is -0.356. The lowest BCUT2D eigenvalue weighted by Gasteiger charge is -2.08. The molecular weight excluding hydrogens is 325 g/mol. The molecule has 116 valence electrons. The van der Waals surface area contributed by atoms with Crippen LogP contribution in [0.2, 0.25) is 10.0 Å². The Morgan fingerprint density at radius 2 is 1.91 bits per heavy atom. The highest BCUT2D eigenvalue weighted by Gasteiger charge is 2.07. The fourth-order valence-electron chi connectivity index (χ4n) is 1.96. The first-order valence-corrected chi connectivity index (χ1v) is 7.55. The van der Waals surface area contributed by atoms with E-state index in [0.29, 0.717) is 15.7 Å². The van der Waals surface area contributed by atoms with Gasteiger partial charge in [0.15, 0.2) is 0 Å². The number of rotatable bonds is 5. The molecule has 0 aliphatic rings. The molecule has 0 fully saturated rings. The number of carbonyl (C=O) groups is 1. The summed E-state index contributed by atoms with van der Waals surface area (Å²) in [6.45, 7) is 1.89. The molecule has 0 saturated carbocycles. The topological polar surface area (TPSA) is 64.0 Å². The molecule has 1 amide bonds. The van der Waals surface area contributed by atoms with Crippen molar-refractivity contribution < 1.29 is 4.79 Å². The Balaban J connectivity index is 2.07. The van der Waals surface area contributed by atoms with Crippen LogP contribution in [0.25, 0.3) is 0 Å². The van der Waals surface area contributed by atoms with Crippen molar-refractivity contribution in [1.29, 1.82) is 0 Å². The summed E-state index contributed by atoms with van der Waals surface area (Å²) in [6, 6.07) is 6.18. The van der Waals surface area contributed by atoms with Crippen LogP contribution in [0.5, 0.6) is 0 Å². The van der Waals surface area contributed by atoms with Gasteiger partial charge in [-0.3, -0.25) is 14.2 Å². The highest BCUT2D eigenvalue weighted by molar-refractivity contribution is 6.35. The zero-order valence-corrected chi connectivity index (χ0v) is 13.5. The number of halogens is 2. The monoisotopic (exact) mass is 339 g/mol. The largest absolute Gasteiger partial charge is 0.324 e. The number of hydrogen-bond donors (Lipinski definition) is 1. The van der Waals surface area contributed by atoms with Gasteiger partial charge in [-0.15, -0.1) is 0 Å². The molecule has 0 saturated heterocycles. The third-order valence-corrected chi connectivity index (χ3v) is 3.34. The Bertz CT molecular complexity index is 724. The van der Waals surface area contributed by atoms with E-state index in [1.54, 1.807) is 18.2 Å². The van der Waals surface area contributed by atoms with Crippen molar-refractivity contribution in [2.75, 3.05) is 5.32 Å². The Hall–Kier alpha value is -1.85. The highest BCUT2D eigenvalue weighted by atomic mass is 35.5. The van der Waals surface area contributed by atoms with Crippen molar-refractivity contribution >= 4 is 34.8 Å². The van der Waals surface area contributed by atoms with Crippen molar-refractivity contribution in [1.82, 2.24) is 9.55 Å². The smallest absolute Gasteiger partial charge is 0.253 e. The van der Waals surface area contributed by atoms with Gasteiger partial charge in [0.25, 0.3) is 5.56 Å². The zero-order valence-electron chi connectivity index (χ0n) is 12.0. The zero-order chi connectivity index (χ0) is 16.1. The molecule has 22 heavy (non-hydrogen) atoms. The van der Waals surface area contributed by atoms with Gasteiger partial charge in [0, 0.05) is 27.5 Å². The summed E-state index contributed by atoms with van der Waals surface area (Å²) >= 11 is 11.7. The van der Waals surface area contributed by atoms with Gasteiger partial charge in [-0.25, -0.2) is 4.98 Å². The van der Waals surface area contributed by atoms with Crippen molar-refractivity contribution in [3.63, 3.8) is 0 Å². The third-order valence-electron chi connectivity index (χ3n) is 2.90. The molecule has 1 heterocycles. The van der Waals surface area contributed by atoms with Crippen LogP contribution in [0.15, 0.2) is 35.4 Å². The van der Waals surface area contributed by atoms with Crippen LogP contribution in [0.4, 0.5) is 5.69 Å². The van der Waals surface area contributed by atoms with Gasteiger partial charge in [-0.05, 0) is 24.6 Å². The SMILES string of the molecule is CCCc1cc(=O)n(CC(=O)Nc2cc(Cl)cc(Cl)c2)cn1. The molecule has 0 aliphatic carbocycles. The second-order valence-corrected chi connectivity index (χ2v) is 5.68. The van der Waals surface area contributed by atoms with Gasteiger partial charge >= 0.3 is 0 Å². The van der Waals surface area contributed by atoms with E-state index in [-0.39, 0.29) is 18.0 Å². The summed E-state index contributed by atoms with van der Waals surface area (Å²) < 4.78 is 1.25. The van der Waals surface area contributed by atoms with Crippen molar-refractivity contribution in [2.45, 2.75) is 26.3 Å². The number of nitrogens with one attached hydrogen (secondary N) is 1. The molecule has 5 nitrogen and oxygen atoms in total. The number of aryl methyl sites for hydroxylation is 1. The Morgan fingerprint density at radius 3 is 2.50 bits per heavy atom. The average Bonchev–Trinajstić information content (AvgIpc) is 2.41. The summed E-state index contributed by atoms with van der Waals surface area (Å²) in [5.74, 6) is -0.356. The summed E-state index contributed by atoms with van der Waals surface area (Å²) in [4.78, 5) is 28.1. The van der Waals surface area contributed by atoms with Gasteiger partial charge in [0.1, 0.15) is 6.54 Å². The molecule has 0 unspecified atom stereocenters. The van der Waals surface area contributed by atoms with E-state index in [1.807, 2.05) is 6.92 Å². The number of hydrogen-bond acceptors (Lipinski definition) is 3. The molecule has 1 aromatic carbocycles. The van der Waals surface area contributed by atoms with Crippen molar-refractivity contribution in [3.05, 3.63) is 56.7 Å². The predicted molar refractivity (Wildman–Crippen MR) is 87.6 cm³/mol. The maximum Gasteiger partial charge on any atom is 0.253 e. The maximum absolute atomic E-state index is 12.0. The fraction of sp³-hybridized carbons (Fsp3) is 0.267. The van der Waals surface area contributed by atoms with Crippen LogP contribution in [0, 0.1) is 0 Å². The van der Waals surface area contributed by atoms with E-state index in [9.17, 15) is 9.59 Å². The molecule has 0 atom stereocenters. The summed E-state index contributed by atoms with van der Waals surface area (Å²) in [5, 5.41) is 3.49. The highest BCUT2D eigenvalue weighted by Crippen LogP contribution is 2.22. The second-order valence-electron chi connectivity index (χ2n) is 4.80. The Morgan fingerprint density at radius 1 is 1.23 bits per heavy atom. The molecular formula is C15H15Cl2N3O2. The van der Waals surface area contributed by atoms with Gasteiger partial charge in [-0.1, -0.05) is 36.5 Å². The Kier molecular flexibility index (Phi) is 5.57. The van der Waals surface area contributed by atoms with Gasteiger partial charge in [0.05, 0.1) is 6.33 Å². The van der Waals surface area contributed by atoms with E-state index in [2.05, 4.69) is 10.3 Å². The summed E-state index contributed by atoms with van der Waals surface area (Å²) in [7, 11) is 0. The molecule has 1 aromatic heterocycles. The van der Waals surface area contributed by atoms with Crippen molar-refractivity contribution in [3.8, 4) is 0 Å². The average molecular weight is 340 g/mol. The van der Waals surface area contributed by atoms with Crippen molar-refractivity contribution in [2.24, 2.45) is 0 Å². The number of aromatic nitrogens is 2.